The lowest BCUT2D eigenvalue weighted by Gasteiger charge is -2.20. The summed E-state index contributed by atoms with van der Waals surface area (Å²) in [6.45, 7) is 5.20. The maximum absolute atomic E-state index is 12.5. The lowest BCUT2D eigenvalue weighted by molar-refractivity contribution is -0.136. The van der Waals surface area contributed by atoms with E-state index in [1.807, 2.05) is 26.0 Å². The Morgan fingerprint density at radius 1 is 1.00 bits per heavy atom. The fraction of sp³-hybridized carbons (Fsp3) is 0.211. The molecule has 3 amide bonds. The first-order chi connectivity index (χ1) is 11.8. The normalized spacial score (nSPS) is 10.4. The van der Waals surface area contributed by atoms with Gasteiger partial charge in [0.05, 0.1) is 5.69 Å². The molecule has 2 rings (SSSR count). The van der Waals surface area contributed by atoms with E-state index in [-0.39, 0.29) is 5.92 Å². The molecule has 0 aromatic heterocycles. The van der Waals surface area contributed by atoms with Crippen molar-refractivity contribution < 1.29 is 14.4 Å². The van der Waals surface area contributed by atoms with E-state index >= 15 is 0 Å². The Labute approximate surface area is 146 Å². The minimum absolute atomic E-state index is 0.174. The number of nitrogens with one attached hydrogen (secondary N) is 1. The van der Waals surface area contributed by atoms with Crippen molar-refractivity contribution in [3.63, 3.8) is 0 Å². The quantitative estimate of drug-likeness (QED) is 0.664. The van der Waals surface area contributed by atoms with Crippen LogP contribution in [-0.4, -0.2) is 17.7 Å². The smallest absolute Gasteiger partial charge is 0.323 e. The molecule has 0 aliphatic carbocycles. The number of nitrogens with two attached hydrogens (primary N) is 1. The molecule has 0 aliphatic heterocycles. The fourth-order valence-corrected chi connectivity index (χ4v) is 2.46. The number of benzene rings is 2. The average molecular weight is 339 g/mol. The van der Waals surface area contributed by atoms with Crippen molar-refractivity contribution in [1.29, 1.82) is 0 Å². The number of amides is 3. The second kappa shape index (κ2) is 7.61. The first-order valence-electron chi connectivity index (χ1n) is 7.91. The van der Waals surface area contributed by atoms with Crippen LogP contribution in [0.2, 0.25) is 0 Å². The average Bonchev–Trinajstić information content (AvgIpc) is 2.56. The third-order valence-electron chi connectivity index (χ3n) is 3.69. The Hall–Kier alpha value is -3.15. The molecule has 130 valence electrons. The molecule has 25 heavy (non-hydrogen) atoms. The lowest BCUT2D eigenvalue weighted by Crippen LogP contribution is -2.42. The van der Waals surface area contributed by atoms with Crippen molar-refractivity contribution in [3.05, 3.63) is 54.1 Å². The van der Waals surface area contributed by atoms with Gasteiger partial charge in [0.15, 0.2) is 0 Å². The third-order valence-corrected chi connectivity index (χ3v) is 3.69. The standard InChI is InChI=1S/C19H21N3O3/c1-12(2)16-6-4-5-7-17(16)21-18(24)19(25)22(13(3)23)15-10-8-14(20)9-11-15/h4-12H,20H2,1-3H3,(H,21,24). The SMILES string of the molecule is CC(=O)N(C(=O)C(=O)Nc1ccccc1C(C)C)c1ccc(N)cc1. The minimum atomic E-state index is -0.948. The van der Waals surface area contributed by atoms with Gasteiger partial charge in [-0.15, -0.1) is 0 Å². The Balaban J connectivity index is 2.27. The monoisotopic (exact) mass is 339 g/mol. The third kappa shape index (κ3) is 4.23. The molecule has 0 unspecified atom stereocenters. The van der Waals surface area contributed by atoms with E-state index in [1.54, 1.807) is 24.3 Å². The van der Waals surface area contributed by atoms with E-state index in [0.29, 0.717) is 17.1 Å². The molecule has 3 N–H and O–H groups in total. The second-order valence-corrected chi connectivity index (χ2v) is 5.95. The summed E-state index contributed by atoms with van der Waals surface area (Å²) in [7, 11) is 0. The van der Waals surface area contributed by atoms with Crippen LogP contribution in [0, 0.1) is 0 Å². The van der Waals surface area contributed by atoms with Gasteiger partial charge in [-0.2, -0.15) is 0 Å². The number of nitrogens with zero attached hydrogens (tertiary/aromatic N) is 1. The molecule has 2 aromatic carbocycles. The molecule has 0 atom stereocenters. The zero-order valence-corrected chi connectivity index (χ0v) is 14.4. The molecule has 6 nitrogen and oxygen atoms in total. The molecule has 0 heterocycles. The number of carbonyl (C=O) groups is 3. The summed E-state index contributed by atoms with van der Waals surface area (Å²) in [6, 6.07) is 13.4. The minimum Gasteiger partial charge on any atom is -0.399 e. The van der Waals surface area contributed by atoms with Crippen molar-refractivity contribution in [2.45, 2.75) is 26.7 Å². The Morgan fingerprint density at radius 3 is 2.16 bits per heavy atom. The van der Waals surface area contributed by atoms with Gasteiger partial charge >= 0.3 is 11.8 Å². The zero-order chi connectivity index (χ0) is 18.6. The summed E-state index contributed by atoms with van der Waals surface area (Å²) < 4.78 is 0. The highest BCUT2D eigenvalue weighted by Crippen LogP contribution is 2.24. The lowest BCUT2D eigenvalue weighted by atomic mass is 10.0. The molecule has 0 fully saturated rings. The maximum atomic E-state index is 12.5. The summed E-state index contributed by atoms with van der Waals surface area (Å²) in [6.07, 6.45) is 0. The number of carbonyl (C=O) groups excluding carboxylic acids is 3. The van der Waals surface area contributed by atoms with Crippen LogP contribution in [-0.2, 0) is 14.4 Å². The van der Waals surface area contributed by atoms with Gasteiger partial charge in [-0.25, -0.2) is 4.90 Å². The number of rotatable bonds is 3. The molecule has 2 aromatic rings. The molecule has 6 heteroatoms. The molecule has 0 bridgehead atoms. The van der Waals surface area contributed by atoms with Crippen LogP contribution in [0.15, 0.2) is 48.5 Å². The first-order valence-corrected chi connectivity index (χ1v) is 7.91. The number of hydrogen-bond donors (Lipinski definition) is 2. The van der Waals surface area contributed by atoms with Gasteiger partial charge in [0.25, 0.3) is 0 Å². The molecular weight excluding hydrogens is 318 g/mol. The van der Waals surface area contributed by atoms with Crippen molar-refractivity contribution >= 4 is 34.8 Å². The van der Waals surface area contributed by atoms with Crippen LogP contribution < -0.4 is 16.0 Å². The summed E-state index contributed by atoms with van der Waals surface area (Å²) in [5.74, 6) is -2.20. The molecule has 0 saturated carbocycles. The largest absolute Gasteiger partial charge is 0.399 e. The number of hydrogen-bond acceptors (Lipinski definition) is 4. The van der Waals surface area contributed by atoms with Crippen LogP contribution in [0.25, 0.3) is 0 Å². The summed E-state index contributed by atoms with van der Waals surface area (Å²) in [4.78, 5) is 37.6. The number of imide groups is 1. The van der Waals surface area contributed by atoms with E-state index < -0.39 is 17.7 Å². The maximum Gasteiger partial charge on any atom is 0.323 e. The van der Waals surface area contributed by atoms with Crippen LogP contribution in [0.3, 0.4) is 0 Å². The Bertz CT molecular complexity index is 798. The van der Waals surface area contributed by atoms with Crippen molar-refractivity contribution in [2.75, 3.05) is 16.0 Å². The Morgan fingerprint density at radius 2 is 1.60 bits per heavy atom. The van der Waals surface area contributed by atoms with Gasteiger partial charge < -0.3 is 11.1 Å². The highest BCUT2D eigenvalue weighted by atomic mass is 16.2. The van der Waals surface area contributed by atoms with E-state index in [2.05, 4.69) is 5.32 Å². The molecule has 0 saturated heterocycles. The van der Waals surface area contributed by atoms with Crippen LogP contribution in [0.1, 0.15) is 32.3 Å². The molecule has 0 radical (unpaired) electrons. The predicted molar refractivity (Wildman–Crippen MR) is 98.2 cm³/mol. The van der Waals surface area contributed by atoms with Gasteiger partial charge in [0.1, 0.15) is 0 Å². The van der Waals surface area contributed by atoms with Crippen LogP contribution >= 0.6 is 0 Å². The van der Waals surface area contributed by atoms with Crippen LogP contribution in [0.5, 0.6) is 0 Å². The summed E-state index contributed by atoms with van der Waals surface area (Å²) >= 11 is 0. The topological polar surface area (TPSA) is 92.5 Å². The van der Waals surface area contributed by atoms with Gasteiger partial charge in [-0.3, -0.25) is 14.4 Å². The van der Waals surface area contributed by atoms with Crippen LogP contribution in [0.4, 0.5) is 17.1 Å². The van der Waals surface area contributed by atoms with Crippen molar-refractivity contribution in [1.82, 2.24) is 0 Å². The molecule has 0 aliphatic rings. The number of anilines is 3. The highest BCUT2D eigenvalue weighted by molar-refractivity contribution is 6.48. The van der Waals surface area contributed by atoms with Crippen molar-refractivity contribution in [2.24, 2.45) is 0 Å². The van der Waals surface area contributed by atoms with Crippen molar-refractivity contribution in [3.8, 4) is 0 Å². The number of para-hydroxylation sites is 1. The Kier molecular flexibility index (Phi) is 5.54. The van der Waals surface area contributed by atoms with E-state index in [1.165, 1.54) is 19.1 Å². The first kappa shape index (κ1) is 18.2. The highest BCUT2D eigenvalue weighted by Gasteiger charge is 2.27. The summed E-state index contributed by atoms with van der Waals surface area (Å²) in [5.41, 5.74) is 7.86. The van der Waals surface area contributed by atoms with E-state index in [4.69, 9.17) is 5.73 Å². The molecule has 0 spiro atoms. The molecular formula is C19H21N3O3. The predicted octanol–water partition coefficient (Wildman–Crippen LogP) is 2.91. The van der Waals surface area contributed by atoms with E-state index in [9.17, 15) is 14.4 Å². The van der Waals surface area contributed by atoms with Gasteiger partial charge in [-0.1, -0.05) is 32.0 Å². The summed E-state index contributed by atoms with van der Waals surface area (Å²) in [5, 5.41) is 2.60. The fourth-order valence-electron chi connectivity index (χ4n) is 2.46. The van der Waals surface area contributed by atoms with Gasteiger partial charge in [0.2, 0.25) is 5.91 Å². The zero-order valence-electron chi connectivity index (χ0n) is 14.4. The van der Waals surface area contributed by atoms with E-state index in [0.717, 1.165) is 10.5 Å². The second-order valence-electron chi connectivity index (χ2n) is 5.95. The number of nitrogen functional groups attached to an aromatic ring is 1. The van der Waals surface area contributed by atoms with Gasteiger partial charge in [-0.05, 0) is 41.8 Å². The van der Waals surface area contributed by atoms with Gasteiger partial charge in [0, 0.05) is 18.3 Å².